The fourth-order valence-corrected chi connectivity index (χ4v) is 1.64. The number of halogens is 1. The first kappa shape index (κ1) is 12.6. The molecule has 0 aromatic heterocycles. The highest BCUT2D eigenvalue weighted by atomic mass is 19.1. The van der Waals surface area contributed by atoms with E-state index in [1.54, 1.807) is 0 Å². The van der Waals surface area contributed by atoms with Gasteiger partial charge in [-0.15, -0.1) is 0 Å². The molecule has 1 rings (SSSR count). The van der Waals surface area contributed by atoms with E-state index in [1.807, 2.05) is 13.8 Å². The van der Waals surface area contributed by atoms with Crippen LogP contribution < -0.4 is 5.73 Å². The van der Waals surface area contributed by atoms with Crippen LogP contribution in [0.1, 0.15) is 32.3 Å². The van der Waals surface area contributed by atoms with Crippen molar-refractivity contribution in [3.63, 3.8) is 0 Å². The zero-order chi connectivity index (χ0) is 12.3. The smallest absolute Gasteiger partial charge is 0.269 e. The summed E-state index contributed by atoms with van der Waals surface area (Å²) in [4.78, 5) is 10.1. The van der Waals surface area contributed by atoms with E-state index in [0.717, 1.165) is 12.1 Å². The predicted octanol–water partition coefficient (Wildman–Crippen LogP) is 2.71. The van der Waals surface area contributed by atoms with Crippen LogP contribution in [0.15, 0.2) is 18.2 Å². The molecule has 0 saturated heterocycles. The third kappa shape index (κ3) is 2.19. The average molecular weight is 226 g/mol. The lowest BCUT2D eigenvalue weighted by Gasteiger charge is -2.27. The minimum atomic E-state index is -0.837. The number of nitro groups is 1. The molecule has 0 bridgehead atoms. The number of non-ortho nitro benzene ring substituents is 1. The highest BCUT2D eigenvalue weighted by Gasteiger charge is 2.28. The van der Waals surface area contributed by atoms with Crippen molar-refractivity contribution in [2.24, 2.45) is 5.73 Å². The second-order valence-corrected chi connectivity index (χ2v) is 3.78. The molecule has 0 aliphatic rings. The lowest BCUT2D eigenvalue weighted by atomic mass is 9.85. The van der Waals surface area contributed by atoms with E-state index in [4.69, 9.17) is 5.73 Å². The number of nitrogens with zero attached hydrogens (tertiary/aromatic N) is 1. The second-order valence-electron chi connectivity index (χ2n) is 3.78. The molecule has 0 saturated carbocycles. The lowest BCUT2D eigenvalue weighted by molar-refractivity contribution is -0.385. The molecule has 1 aromatic carbocycles. The number of hydrogen-bond acceptors (Lipinski definition) is 3. The summed E-state index contributed by atoms with van der Waals surface area (Å²) < 4.78 is 13.6. The SMILES string of the molecule is CCC(N)(CC)c1cc([N+](=O)[O-])ccc1F. The summed E-state index contributed by atoms with van der Waals surface area (Å²) in [5.41, 5.74) is 5.27. The molecule has 0 unspecified atom stereocenters. The van der Waals surface area contributed by atoms with Crippen LogP contribution in [0.2, 0.25) is 0 Å². The van der Waals surface area contributed by atoms with Crippen molar-refractivity contribution >= 4 is 5.69 Å². The molecule has 0 spiro atoms. The summed E-state index contributed by atoms with van der Waals surface area (Å²) in [6.07, 6.45) is 1.06. The zero-order valence-electron chi connectivity index (χ0n) is 9.37. The average Bonchev–Trinajstić information content (AvgIpc) is 2.28. The van der Waals surface area contributed by atoms with Crippen molar-refractivity contribution in [1.29, 1.82) is 0 Å². The van der Waals surface area contributed by atoms with Crippen LogP contribution in [-0.4, -0.2) is 4.92 Å². The van der Waals surface area contributed by atoms with Crippen molar-refractivity contribution < 1.29 is 9.31 Å². The van der Waals surface area contributed by atoms with Crippen molar-refractivity contribution in [3.05, 3.63) is 39.7 Å². The summed E-state index contributed by atoms with van der Waals surface area (Å²) in [5.74, 6) is -0.489. The quantitative estimate of drug-likeness (QED) is 0.633. The maximum atomic E-state index is 13.6. The molecule has 16 heavy (non-hydrogen) atoms. The van der Waals surface area contributed by atoms with E-state index in [0.29, 0.717) is 12.8 Å². The molecule has 0 aliphatic heterocycles. The number of nitro benzene ring substituents is 1. The summed E-state index contributed by atoms with van der Waals surface area (Å²) in [6.45, 7) is 3.67. The fraction of sp³-hybridized carbons (Fsp3) is 0.455. The van der Waals surface area contributed by atoms with E-state index in [1.165, 1.54) is 6.07 Å². The summed E-state index contributed by atoms with van der Waals surface area (Å²) >= 11 is 0. The molecular weight excluding hydrogens is 211 g/mol. The van der Waals surface area contributed by atoms with Crippen LogP contribution in [0.3, 0.4) is 0 Å². The van der Waals surface area contributed by atoms with Gasteiger partial charge in [-0.2, -0.15) is 0 Å². The Bertz CT molecular complexity index is 403. The van der Waals surface area contributed by atoms with Gasteiger partial charge in [-0.3, -0.25) is 10.1 Å². The lowest BCUT2D eigenvalue weighted by Crippen LogP contribution is -2.36. The normalized spacial score (nSPS) is 11.5. The number of nitrogens with two attached hydrogens (primary N) is 1. The Morgan fingerprint density at radius 2 is 2.00 bits per heavy atom. The second kappa shape index (κ2) is 4.57. The number of rotatable bonds is 4. The first-order valence-electron chi connectivity index (χ1n) is 5.18. The highest BCUT2D eigenvalue weighted by Crippen LogP contribution is 2.30. The van der Waals surface area contributed by atoms with Gasteiger partial charge in [0.2, 0.25) is 0 Å². The van der Waals surface area contributed by atoms with Gasteiger partial charge in [-0.1, -0.05) is 13.8 Å². The van der Waals surface area contributed by atoms with Gasteiger partial charge in [0.05, 0.1) is 4.92 Å². The van der Waals surface area contributed by atoms with Gasteiger partial charge in [0, 0.05) is 23.2 Å². The minimum Gasteiger partial charge on any atom is -0.321 e. The van der Waals surface area contributed by atoms with Crippen LogP contribution in [0.4, 0.5) is 10.1 Å². The molecule has 2 N–H and O–H groups in total. The third-order valence-electron chi connectivity index (χ3n) is 2.96. The van der Waals surface area contributed by atoms with Crippen molar-refractivity contribution in [1.82, 2.24) is 0 Å². The topological polar surface area (TPSA) is 69.2 Å². The van der Waals surface area contributed by atoms with Crippen molar-refractivity contribution in [2.75, 3.05) is 0 Å². The molecule has 0 radical (unpaired) electrons. The Kier molecular flexibility index (Phi) is 3.59. The van der Waals surface area contributed by atoms with E-state index in [9.17, 15) is 14.5 Å². The molecule has 0 aliphatic carbocycles. The van der Waals surface area contributed by atoms with Crippen molar-refractivity contribution in [3.8, 4) is 0 Å². The summed E-state index contributed by atoms with van der Waals surface area (Å²) in [7, 11) is 0. The van der Waals surface area contributed by atoms with E-state index in [2.05, 4.69) is 0 Å². The molecule has 1 aromatic rings. The molecular formula is C11H15FN2O2. The van der Waals surface area contributed by atoms with Crippen LogP contribution >= 0.6 is 0 Å². The highest BCUT2D eigenvalue weighted by molar-refractivity contribution is 5.38. The molecule has 88 valence electrons. The predicted molar refractivity (Wildman–Crippen MR) is 59.5 cm³/mol. The van der Waals surface area contributed by atoms with Crippen LogP contribution in [-0.2, 0) is 5.54 Å². The molecule has 4 nitrogen and oxygen atoms in total. The van der Waals surface area contributed by atoms with Gasteiger partial charge in [-0.05, 0) is 18.9 Å². The maximum Gasteiger partial charge on any atom is 0.269 e. The first-order chi connectivity index (χ1) is 7.44. The maximum absolute atomic E-state index is 13.6. The molecule has 0 heterocycles. The minimum absolute atomic E-state index is 0.131. The van der Waals surface area contributed by atoms with E-state index >= 15 is 0 Å². The monoisotopic (exact) mass is 226 g/mol. The van der Waals surface area contributed by atoms with E-state index in [-0.39, 0.29) is 11.3 Å². The summed E-state index contributed by atoms with van der Waals surface area (Å²) in [5, 5.41) is 10.6. The number of hydrogen-bond donors (Lipinski definition) is 1. The van der Waals surface area contributed by atoms with Gasteiger partial charge in [0.1, 0.15) is 5.82 Å². The Labute approximate surface area is 93.4 Å². The largest absolute Gasteiger partial charge is 0.321 e. The Morgan fingerprint density at radius 1 is 1.44 bits per heavy atom. The molecule has 0 atom stereocenters. The van der Waals surface area contributed by atoms with Crippen LogP contribution in [0.25, 0.3) is 0 Å². The Morgan fingerprint density at radius 3 is 2.44 bits per heavy atom. The third-order valence-corrected chi connectivity index (χ3v) is 2.96. The van der Waals surface area contributed by atoms with Crippen molar-refractivity contribution in [2.45, 2.75) is 32.2 Å². The standard InChI is InChI=1S/C11H15FN2O2/c1-3-11(13,4-2)9-7-8(14(15)16)5-6-10(9)12/h5-7H,3-4,13H2,1-2H3. The molecule has 0 amide bonds. The van der Waals surface area contributed by atoms with Gasteiger partial charge in [0.15, 0.2) is 0 Å². The van der Waals surface area contributed by atoms with Gasteiger partial charge in [-0.25, -0.2) is 4.39 Å². The van der Waals surface area contributed by atoms with Gasteiger partial charge < -0.3 is 5.73 Å². The molecule has 5 heteroatoms. The molecule has 0 fully saturated rings. The number of benzene rings is 1. The fourth-order valence-electron chi connectivity index (χ4n) is 1.64. The van der Waals surface area contributed by atoms with Crippen LogP contribution in [0.5, 0.6) is 0 Å². The van der Waals surface area contributed by atoms with Crippen LogP contribution in [0, 0.1) is 15.9 Å². The summed E-state index contributed by atoms with van der Waals surface area (Å²) in [6, 6.07) is 3.47. The zero-order valence-corrected chi connectivity index (χ0v) is 9.37. The van der Waals surface area contributed by atoms with Gasteiger partial charge in [0.25, 0.3) is 5.69 Å². The van der Waals surface area contributed by atoms with Gasteiger partial charge >= 0.3 is 0 Å². The first-order valence-corrected chi connectivity index (χ1v) is 5.18. The van der Waals surface area contributed by atoms with E-state index < -0.39 is 16.3 Å². The Balaban J connectivity index is 3.31. The Hall–Kier alpha value is -1.49.